The molecule has 76 valence electrons. The van der Waals surface area contributed by atoms with Gasteiger partial charge >= 0.3 is 0 Å². The molecule has 0 aromatic heterocycles. The summed E-state index contributed by atoms with van der Waals surface area (Å²) >= 11 is 0. The van der Waals surface area contributed by atoms with E-state index >= 15 is 0 Å². The van der Waals surface area contributed by atoms with E-state index in [0.717, 1.165) is 19.6 Å². The second-order valence-electron chi connectivity index (χ2n) is 3.40. The summed E-state index contributed by atoms with van der Waals surface area (Å²) in [5, 5.41) is 3.01. The second-order valence-corrected chi connectivity index (χ2v) is 3.40. The molecule has 1 aliphatic rings. The van der Waals surface area contributed by atoms with E-state index in [9.17, 15) is 4.79 Å². The van der Waals surface area contributed by atoms with Gasteiger partial charge in [-0.2, -0.15) is 0 Å². The summed E-state index contributed by atoms with van der Waals surface area (Å²) in [6, 6.07) is 0. The minimum absolute atomic E-state index is 0.0723. The second kappa shape index (κ2) is 5.19. The standard InChI is InChI=1S/C9H18N2O2/c1-8(7-10-2)9(12)11-3-5-13-6-4-11/h8,10H,3-7H2,1-2H3. The topological polar surface area (TPSA) is 41.6 Å². The Morgan fingerprint density at radius 1 is 1.54 bits per heavy atom. The maximum atomic E-state index is 11.7. The van der Waals surface area contributed by atoms with Gasteiger partial charge in [-0.3, -0.25) is 4.79 Å². The molecule has 13 heavy (non-hydrogen) atoms. The smallest absolute Gasteiger partial charge is 0.226 e. The van der Waals surface area contributed by atoms with Gasteiger partial charge in [-0.05, 0) is 7.05 Å². The van der Waals surface area contributed by atoms with Crippen LogP contribution < -0.4 is 5.32 Å². The first-order chi connectivity index (χ1) is 6.25. The van der Waals surface area contributed by atoms with Crippen molar-refractivity contribution in [1.29, 1.82) is 0 Å². The molecule has 1 fully saturated rings. The van der Waals surface area contributed by atoms with Crippen molar-refractivity contribution in [3.63, 3.8) is 0 Å². The highest BCUT2D eigenvalue weighted by atomic mass is 16.5. The molecule has 1 heterocycles. The Morgan fingerprint density at radius 3 is 2.69 bits per heavy atom. The van der Waals surface area contributed by atoms with Crippen LogP contribution in [0.15, 0.2) is 0 Å². The van der Waals surface area contributed by atoms with E-state index in [-0.39, 0.29) is 11.8 Å². The van der Waals surface area contributed by atoms with Gasteiger partial charge in [0.15, 0.2) is 0 Å². The van der Waals surface area contributed by atoms with Crippen molar-refractivity contribution >= 4 is 5.91 Å². The first-order valence-corrected chi connectivity index (χ1v) is 4.77. The summed E-state index contributed by atoms with van der Waals surface area (Å²) in [6.45, 7) is 5.54. The number of rotatable bonds is 3. The van der Waals surface area contributed by atoms with Crippen LogP contribution in [0.2, 0.25) is 0 Å². The lowest BCUT2D eigenvalue weighted by molar-refractivity contribution is -0.138. The van der Waals surface area contributed by atoms with Crippen LogP contribution in [0.1, 0.15) is 6.92 Å². The zero-order chi connectivity index (χ0) is 9.68. The van der Waals surface area contributed by atoms with Crippen molar-refractivity contribution < 1.29 is 9.53 Å². The van der Waals surface area contributed by atoms with E-state index in [1.165, 1.54) is 0 Å². The van der Waals surface area contributed by atoms with Crippen LogP contribution >= 0.6 is 0 Å². The van der Waals surface area contributed by atoms with Gasteiger partial charge in [0.2, 0.25) is 5.91 Å². The molecule has 1 amide bonds. The van der Waals surface area contributed by atoms with Crippen LogP contribution in [-0.4, -0.2) is 50.7 Å². The third-order valence-corrected chi connectivity index (χ3v) is 2.25. The van der Waals surface area contributed by atoms with Crippen LogP contribution in [0.3, 0.4) is 0 Å². The normalized spacial score (nSPS) is 20.0. The minimum atomic E-state index is 0.0723. The summed E-state index contributed by atoms with van der Waals surface area (Å²) in [5.41, 5.74) is 0. The SMILES string of the molecule is CNCC(C)C(=O)N1CCOCC1. The fourth-order valence-electron chi connectivity index (χ4n) is 1.49. The van der Waals surface area contributed by atoms with Crippen molar-refractivity contribution in [3.05, 3.63) is 0 Å². The fourth-order valence-corrected chi connectivity index (χ4v) is 1.49. The zero-order valence-corrected chi connectivity index (χ0v) is 8.38. The number of hydrogen-bond acceptors (Lipinski definition) is 3. The summed E-state index contributed by atoms with van der Waals surface area (Å²) in [5.74, 6) is 0.306. The maximum Gasteiger partial charge on any atom is 0.226 e. The van der Waals surface area contributed by atoms with Crippen LogP contribution in [0, 0.1) is 5.92 Å². The molecule has 0 saturated carbocycles. The Kier molecular flexibility index (Phi) is 4.18. The summed E-state index contributed by atoms with van der Waals surface area (Å²) in [4.78, 5) is 13.6. The molecule has 4 nitrogen and oxygen atoms in total. The Bertz CT molecular complexity index is 167. The molecule has 0 radical (unpaired) electrons. The molecule has 1 aliphatic heterocycles. The number of carbonyl (C=O) groups is 1. The lowest BCUT2D eigenvalue weighted by Crippen LogP contribution is -2.44. The number of amides is 1. The van der Waals surface area contributed by atoms with Crippen molar-refractivity contribution in [1.82, 2.24) is 10.2 Å². The number of nitrogens with zero attached hydrogens (tertiary/aromatic N) is 1. The van der Waals surface area contributed by atoms with Crippen molar-refractivity contribution in [2.45, 2.75) is 6.92 Å². The highest BCUT2D eigenvalue weighted by Crippen LogP contribution is 2.04. The Hall–Kier alpha value is -0.610. The quantitative estimate of drug-likeness (QED) is 0.658. The number of morpholine rings is 1. The molecule has 1 saturated heterocycles. The molecule has 0 aliphatic carbocycles. The first kappa shape index (κ1) is 10.5. The van der Waals surface area contributed by atoms with Gasteiger partial charge in [0.1, 0.15) is 0 Å². The molecule has 0 aromatic carbocycles. The largest absolute Gasteiger partial charge is 0.378 e. The van der Waals surface area contributed by atoms with E-state index in [1.807, 2.05) is 18.9 Å². The molecule has 0 spiro atoms. The van der Waals surface area contributed by atoms with Gasteiger partial charge in [0, 0.05) is 25.6 Å². The zero-order valence-electron chi connectivity index (χ0n) is 8.38. The maximum absolute atomic E-state index is 11.7. The third kappa shape index (κ3) is 2.97. The molecular weight excluding hydrogens is 168 g/mol. The number of nitrogens with one attached hydrogen (secondary N) is 1. The van der Waals surface area contributed by atoms with Crippen LogP contribution in [0.25, 0.3) is 0 Å². The molecule has 1 rings (SSSR count). The highest BCUT2D eigenvalue weighted by molar-refractivity contribution is 5.78. The molecule has 4 heteroatoms. The van der Waals surface area contributed by atoms with Crippen LogP contribution in [0.5, 0.6) is 0 Å². The van der Waals surface area contributed by atoms with E-state index in [2.05, 4.69) is 5.32 Å². The third-order valence-electron chi connectivity index (χ3n) is 2.25. The van der Waals surface area contributed by atoms with E-state index in [0.29, 0.717) is 13.2 Å². The molecular formula is C9H18N2O2. The van der Waals surface area contributed by atoms with Crippen molar-refractivity contribution in [2.24, 2.45) is 5.92 Å². The van der Waals surface area contributed by atoms with Gasteiger partial charge in [-0.25, -0.2) is 0 Å². The summed E-state index contributed by atoms with van der Waals surface area (Å²) < 4.78 is 5.18. The van der Waals surface area contributed by atoms with Gasteiger partial charge < -0.3 is 15.0 Å². The molecule has 1 atom stereocenters. The lowest BCUT2D eigenvalue weighted by Gasteiger charge is -2.29. The number of ether oxygens (including phenoxy) is 1. The van der Waals surface area contributed by atoms with Gasteiger partial charge in [-0.15, -0.1) is 0 Å². The molecule has 1 N–H and O–H groups in total. The summed E-state index contributed by atoms with van der Waals surface area (Å²) in [7, 11) is 1.86. The number of carbonyl (C=O) groups excluding carboxylic acids is 1. The highest BCUT2D eigenvalue weighted by Gasteiger charge is 2.21. The van der Waals surface area contributed by atoms with Crippen LogP contribution in [0.4, 0.5) is 0 Å². The fraction of sp³-hybridized carbons (Fsp3) is 0.889. The van der Waals surface area contributed by atoms with E-state index < -0.39 is 0 Å². The van der Waals surface area contributed by atoms with Gasteiger partial charge in [0.05, 0.1) is 13.2 Å². The predicted octanol–water partition coefficient (Wildman–Crippen LogP) is -0.299. The van der Waals surface area contributed by atoms with Crippen LogP contribution in [-0.2, 0) is 9.53 Å². The number of hydrogen-bond donors (Lipinski definition) is 1. The Balaban J connectivity index is 2.36. The van der Waals surface area contributed by atoms with Gasteiger partial charge in [0.25, 0.3) is 0 Å². The summed E-state index contributed by atoms with van der Waals surface area (Å²) in [6.07, 6.45) is 0. The predicted molar refractivity (Wildman–Crippen MR) is 50.5 cm³/mol. The molecule has 0 aromatic rings. The first-order valence-electron chi connectivity index (χ1n) is 4.77. The lowest BCUT2D eigenvalue weighted by atomic mass is 10.1. The minimum Gasteiger partial charge on any atom is -0.378 e. The van der Waals surface area contributed by atoms with Crippen molar-refractivity contribution in [3.8, 4) is 0 Å². The van der Waals surface area contributed by atoms with E-state index in [1.54, 1.807) is 0 Å². The monoisotopic (exact) mass is 186 g/mol. The average molecular weight is 186 g/mol. The van der Waals surface area contributed by atoms with Gasteiger partial charge in [-0.1, -0.05) is 6.92 Å². The average Bonchev–Trinajstić information content (AvgIpc) is 2.18. The molecule has 0 bridgehead atoms. The van der Waals surface area contributed by atoms with Crippen molar-refractivity contribution in [2.75, 3.05) is 39.9 Å². The Morgan fingerprint density at radius 2 is 2.15 bits per heavy atom. The molecule has 1 unspecified atom stereocenters. The van der Waals surface area contributed by atoms with E-state index in [4.69, 9.17) is 4.74 Å². The Labute approximate surface area is 79.2 Å².